The van der Waals surface area contributed by atoms with E-state index >= 15 is 0 Å². The summed E-state index contributed by atoms with van der Waals surface area (Å²) in [6.45, 7) is 5.99. The van der Waals surface area contributed by atoms with Gasteiger partial charge in [-0.25, -0.2) is 0 Å². The first-order valence-corrected chi connectivity index (χ1v) is 8.13. The number of amides is 2. The van der Waals surface area contributed by atoms with Crippen molar-refractivity contribution in [1.29, 1.82) is 0 Å². The van der Waals surface area contributed by atoms with Crippen LogP contribution in [0, 0.1) is 13.8 Å². The number of rotatable bonds is 6. The molecule has 0 aromatic heterocycles. The van der Waals surface area contributed by atoms with Crippen LogP contribution >= 0.6 is 0 Å². The summed E-state index contributed by atoms with van der Waals surface area (Å²) in [5.41, 5.74) is 4.33. The largest absolute Gasteiger partial charge is 0.348 e. The maximum atomic E-state index is 12.1. The molecule has 4 nitrogen and oxygen atoms in total. The monoisotopic (exact) mass is 324 g/mol. The topological polar surface area (TPSA) is 58.2 Å². The van der Waals surface area contributed by atoms with Crippen molar-refractivity contribution in [2.75, 3.05) is 6.54 Å². The normalized spacial score (nSPS) is 11.6. The third-order valence-corrected chi connectivity index (χ3v) is 3.93. The van der Waals surface area contributed by atoms with Crippen LogP contribution in [0.25, 0.3) is 0 Å². The van der Waals surface area contributed by atoms with Crippen molar-refractivity contribution in [3.8, 4) is 0 Å². The standard InChI is InChI=1S/C20H24N2O2/c1-14-9-10-15(2)18(11-14)16(3)22-20(24)13-21-19(23)12-17-7-5-4-6-8-17/h4-11,16H,12-13H2,1-3H3,(H,21,23)(H,22,24). The summed E-state index contributed by atoms with van der Waals surface area (Å²) in [5.74, 6) is -0.347. The Morgan fingerprint density at radius 3 is 2.42 bits per heavy atom. The molecular weight excluding hydrogens is 300 g/mol. The Bertz CT molecular complexity index is 711. The molecule has 0 bridgehead atoms. The number of hydrogen-bond donors (Lipinski definition) is 2. The minimum Gasteiger partial charge on any atom is -0.348 e. The highest BCUT2D eigenvalue weighted by Crippen LogP contribution is 2.18. The van der Waals surface area contributed by atoms with Crippen molar-refractivity contribution >= 4 is 11.8 Å². The van der Waals surface area contributed by atoms with Crippen molar-refractivity contribution < 1.29 is 9.59 Å². The Morgan fingerprint density at radius 1 is 1.00 bits per heavy atom. The number of carbonyl (C=O) groups is 2. The average Bonchev–Trinajstić information content (AvgIpc) is 2.56. The predicted molar refractivity (Wildman–Crippen MR) is 95.6 cm³/mol. The fourth-order valence-electron chi connectivity index (χ4n) is 2.62. The van der Waals surface area contributed by atoms with Crippen molar-refractivity contribution in [3.05, 3.63) is 70.8 Å². The van der Waals surface area contributed by atoms with Gasteiger partial charge in [-0.05, 0) is 37.5 Å². The Labute approximate surface area is 143 Å². The molecule has 2 rings (SSSR count). The highest BCUT2D eigenvalue weighted by atomic mass is 16.2. The van der Waals surface area contributed by atoms with Gasteiger partial charge in [0.1, 0.15) is 0 Å². The van der Waals surface area contributed by atoms with E-state index in [0.29, 0.717) is 0 Å². The summed E-state index contributed by atoms with van der Waals surface area (Å²) in [7, 11) is 0. The van der Waals surface area contributed by atoms with E-state index in [1.54, 1.807) is 0 Å². The van der Waals surface area contributed by atoms with Gasteiger partial charge in [0, 0.05) is 0 Å². The quantitative estimate of drug-likeness (QED) is 0.858. The van der Waals surface area contributed by atoms with E-state index in [-0.39, 0.29) is 30.8 Å². The van der Waals surface area contributed by atoms with Crippen molar-refractivity contribution in [1.82, 2.24) is 10.6 Å². The number of nitrogens with one attached hydrogen (secondary N) is 2. The molecule has 0 spiro atoms. The van der Waals surface area contributed by atoms with Crippen LogP contribution in [0.4, 0.5) is 0 Å². The van der Waals surface area contributed by atoms with Crippen molar-refractivity contribution in [2.24, 2.45) is 0 Å². The summed E-state index contributed by atoms with van der Waals surface area (Å²) < 4.78 is 0. The molecule has 0 fully saturated rings. The first-order valence-electron chi connectivity index (χ1n) is 8.13. The molecule has 1 atom stereocenters. The fourth-order valence-corrected chi connectivity index (χ4v) is 2.62. The Kier molecular flexibility index (Phi) is 6.13. The van der Waals surface area contributed by atoms with E-state index in [2.05, 4.69) is 28.8 Å². The first kappa shape index (κ1) is 17.7. The second kappa shape index (κ2) is 8.29. The maximum Gasteiger partial charge on any atom is 0.239 e. The smallest absolute Gasteiger partial charge is 0.239 e. The molecule has 0 aliphatic rings. The number of hydrogen-bond acceptors (Lipinski definition) is 2. The predicted octanol–water partition coefficient (Wildman–Crippen LogP) is 2.84. The van der Waals surface area contributed by atoms with Gasteiger partial charge in [-0.3, -0.25) is 9.59 Å². The third-order valence-electron chi connectivity index (χ3n) is 3.93. The van der Waals surface area contributed by atoms with Crippen molar-refractivity contribution in [3.63, 3.8) is 0 Å². The average molecular weight is 324 g/mol. The highest BCUT2D eigenvalue weighted by Gasteiger charge is 2.13. The molecule has 2 amide bonds. The first-order chi connectivity index (χ1) is 11.5. The minimum atomic E-state index is -0.190. The molecule has 0 saturated heterocycles. The van der Waals surface area contributed by atoms with Gasteiger partial charge in [-0.2, -0.15) is 0 Å². The number of benzene rings is 2. The lowest BCUT2D eigenvalue weighted by atomic mass is 10.00. The van der Waals surface area contributed by atoms with Crippen LogP contribution in [0.3, 0.4) is 0 Å². The van der Waals surface area contributed by atoms with Crippen LogP contribution < -0.4 is 10.6 Å². The Morgan fingerprint density at radius 2 is 1.71 bits per heavy atom. The Hall–Kier alpha value is -2.62. The van der Waals surface area contributed by atoms with E-state index in [9.17, 15) is 9.59 Å². The van der Waals surface area contributed by atoms with Crippen LogP contribution in [0.5, 0.6) is 0 Å². The van der Waals surface area contributed by atoms with Gasteiger partial charge < -0.3 is 10.6 Å². The van der Waals surface area contributed by atoms with E-state index in [0.717, 1.165) is 22.3 Å². The molecular formula is C20H24N2O2. The molecule has 2 aromatic rings. The van der Waals surface area contributed by atoms with Crippen LogP contribution in [-0.4, -0.2) is 18.4 Å². The van der Waals surface area contributed by atoms with Gasteiger partial charge in [0.2, 0.25) is 11.8 Å². The van der Waals surface area contributed by atoms with Gasteiger partial charge >= 0.3 is 0 Å². The molecule has 4 heteroatoms. The number of aryl methyl sites for hydroxylation is 2. The highest BCUT2D eigenvalue weighted by molar-refractivity contribution is 5.85. The lowest BCUT2D eigenvalue weighted by molar-refractivity contribution is -0.126. The van der Waals surface area contributed by atoms with E-state index in [1.807, 2.05) is 51.1 Å². The molecule has 0 aliphatic heterocycles. The van der Waals surface area contributed by atoms with Gasteiger partial charge in [0.15, 0.2) is 0 Å². The molecule has 0 radical (unpaired) electrons. The van der Waals surface area contributed by atoms with Gasteiger partial charge in [-0.15, -0.1) is 0 Å². The van der Waals surface area contributed by atoms with Gasteiger partial charge in [0.25, 0.3) is 0 Å². The van der Waals surface area contributed by atoms with Crippen molar-refractivity contribution in [2.45, 2.75) is 33.2 Å². The van der Waals surface area contributed by atoms with Gasteiger partial charge in [0.05, 0.1) is 19.0 Å². The summed E-state index contributed by atoms with van der Waals surface area (Å²) in [6, 6.07) is 15.6. The zero-order valence-electron chi connectivity index (χ0n) is 14.4. The molecule has 2 N–H and O–H groups in total. The summed E-state index contributed by atoms with van der Waals surface area (Å²) >= 11 is 0. The van der Waals surface area contributed by atoms with Gasteiger partial charge in [-0.1, -0.05) is 54.1 Å². The zero-order chi connectivity index (χ0) is 17.5. The van der Waals surface area contributed by atoms with Crippen LogP contribution in [0.15, 0.2) is 48.5 Å². The second-order valence-electron chi connectivity index (χ2n) is 6.09. The molecule has 126 valence electrons. The maximum absolute atomic E-state index is 12.1. The SMILES string of the molecule is Cc1ccc(C)c(C(C)NC(=O)CNC(=O)Cc2ccccc2)c1. The zero-order valence-corrected chi connectivity index (χ0v) is 14.4. The summed E-state index contributed by atoms with van der Waals surface area (Å²) in [4.78, 5) is 23.9. The van der Waals surface area contributed by atoms with Crippen LogP contribution in [0.2, 0.25) is 0 Å². The molecule has 24 heavy (non-hydrogen) atoms. The summed E-state index contributed by atoms with van der Waals surface area (Å²) in [6.07, 6.45) is 0.278. The molecule has 2 aromatic carbocycles. The molecule has 1 unspecified atom stereocenters. The molecule has 0 saturated carbocycles. The fraction of sp³-hybridized carbons (Fsp3) is 0.300. The molecule has 0 aliphatic carbocycles. The number of carbonyl (C=O) groups excluding carboxylic acids is 2. The molecule has 0 heterocycles. The van der Waals surface area contributed by atoms with E-state index in [1.165, 1.54) is 0 Å². The van der Waals surface area contributed by atoms with E-state index in [4.69, 9.17) is 0 Å². The second-order valence-corrected chi connectivity index (χ2v) is 6.09. The third kappa shape index (κ3) is 5.23. The lowest BCUT2D eigenvalue weighted by Gasteiger charge is -2.17. The Balaban J connectivity index is 1.82. The lowest BCUT2D eigenvalue weighted by Crippen LogP contribution is -2.38. The van der Waals surface area contributed by atoms with Crippen LogP contribution in [-0.2, 0) is 16.0 Å². The van der Waals surface area contributed by atoms with E-state index < -0.39 is 0 Å². The minimum absolute atomic E-state index is 0.0130. The van der Waals surface area contributed by atoms with Crippen LogP contribution in [0.1, 0.15) is 35.2 Å². The summed E-state index contributed by atoms with van der Waals surface area (Å²) in [5, 5.41) is 5.59.